The van der Waals surface area contributed by atoms with Gasteiger partial charge in [0.15, 0.2) is 6.10 Å². The van der Waals surface area contributed by atoms with Crippen molar-refractivity contribution in [1.82, 2.24) is 9.88 Å². The Morgan fingerprint density at radius 2 is 1.89 bits per heavy atom. The first-order valence-corrected chi connectivity index (χ1v) is 8.95. The third-order valence-electron chi connectivity index (χ3n) is 4.46. The van der Waals surface area contributed by atoms with Gasteiger partial charge in [-0.2, -0.15) is 0 Å². The zero-order valence-corrected chi connectivity index (χ0v) is 16.1. The Morgan fingerprint density at radius 1 is 1.11 bits per heavy atom. The lowest BCUT2D eigenvalue weighted by Gasteiger charge is -2.21. The van der Waals surface area contributed by atoms with Crippen LogP contribution >= 0.6 is 0 Å². The summed E-state index contributed by atoms with van der Waals surface area (Å²) >= 11 is 0. The van der Waals surface area contributed by atoms with Crippen molar-refractivity contribution in [2.75, 3.05) is 21.2 Å². The third-order valence-corrected chi connectivity index (χ3v) is 4.46. The van der Waals surface area contributed by atoms with E-state index in [1.807, 2.05) is 49.4 Å². The van der Waals surface area contributed by atoms with Gasteiger partial charge >= 0.3 is 0 Å². The molecule has 1 aromatic heterocycles. The van der Waals surface area contributed by atoms with Crippen LogP contribution in [0.5, 0.6) is 11.6 Å². The number of benzene rings is 2. The van der Waals surface area contributed by atoms with Gasteiger partial charge in [-0.15, -0.1) is 0 Å². The molecule has 0 radical (unpaired) electrons. The first-order chi connectivity index (χ1) is 13.0. The van der Waals surface area contributed by atoms with Crippen molar-refractivity contribution in [3.8, 4) is 22.8 Å². The highest BCUT2D eigenvalue weighted by Crippen LogP contribution is 2.37. The summed E-state index contributed by atoms with van der Waals surface area (Å²) in [5, 5.41) is 2.10. The van der Waals surface area contributed by atoms with Gasteiger partial charge in [0.1, 0.15) is 5.75 Å². The number of ether oxygens (including phenoxy) is 2. The maximum absolute atomic E-state index is 12.4. The maximum Gasteiger partial charge on any atom is 0.263 e. The standard InChI is InChI=1S/C22H24N2O3/c1-5-20(22(25)24(2)3)27-16-13-15-9-6-7-10-17(15)19(14-16)18-11-8-12-23-21(18)26-4/h6-14,20H,5H2,1-4H3. The van der Waals surface area contributed by atoms with Crippen LogP contribution in [-0.2, 0) is 4.79 Å². The van der Waals surface area contributed by atoms with Gasteiger partial charge in [-0.25, -0.2) is 4.98 Å². The van der Waals surface area contributed by atoms with Crippen molar-refractivity contribution in [2.24, 2.45) is 0 Å². The van der Waals surface area contributed by atoms with Gasteiger partial charge in [0.25, 0.3) is 5.91 Å². The Labute approximate surface area is 159 Å². The molecule has 0 aliphatic heterocycles. The van der Waals surface area contributed by atoms with E-state index in [0.29, 0.717) is 18.1 Å². The number of methoxy groups -OCH3 is 1. The van der Waals surface area contributed by atoms with E-state index in [2.05, 4.69) is 11.1 Å². The molecule has 0 aliphatic carbocycles. The minimum absolute atomic E-state index is 0.0498. The van der Waals surface area contributed by atoms with Crippen LogP contribution in [0.25, 0.3) is 21.9 Å². The Morgan fingerprint density at radius 3 is 2.59 bits per heavy atom. The number of fused-ring (bicyclic) bond motifs is 1. The van der Waals surface area contributed by atoms with Crippen molar-refractivity contribution >= 4 is 16.7 Å². The molecule has 0 saturated carbocycles. The molecule has 5 nitrogen and oxygen atoms in total. The molecule has 0 fully saturated rings. The average molecular weight is 364 g/mol. The predicted octanol–water partition coefficient (Wildman–Crippen LogP) is 4.16. The molecule has 5 heteroatoms. The van der Waals surface area contributed by atoms with Crippen molar-refractivity contribution in [2.45, 2.75) is 19.4 Å². The Kier molecular flexibility index (Phi) is 5.60. The molecular formula is C22H24N2O3. The van der Waals surface area contributed by atoms with E-state index in [4.69, 9.17) is 9.47 Å². The van der Waals surface area contributed by atoms with E-state index in [9.17, 15) is 4.79 Å². The minimum Gasteiger partial charge on any atom is -0.481 e. The van der Waals surface area contributed by atoms with Crippen LogP contribution < -0.4 is 9.47 Å². The summed E-state index contributed by atoms with van der Waals surface area (Å²) in [6.07, 6.45) is 1.77. The number of carbonyl (C=O) groups is 1. The second kappa shape index (κ2) is 8.08. The van der Waals surface area contributed by atoms with Crippen molar-refractivity contribution < 1.29 is 14.3 Å². The third kappa shape index (κ3) is 3.87. The molecule has 0 bridgehead atoms. The molecule has 2 aromatic carbocycles. The molecule has 1 unspecified atom stereocenters. The zero-order valence-electron chi connectivity index (χ0n) is 16.1. The van der Waals surface area contributed by atoms with Gasteiger partial charge in [0.05, 0.1) is 7.11 Å². The fraction of sp³-hybridized carbons (Fsp3) is 0.273. The summed E-state index contributed by atoms with van der Waals surface area (Å²) in [5.74, 6) is 1.15. The molecule has 0 N–H and O–H groups in total. The van der Waals surface area contributed by atoms with E-state index in [1.165, 1.54) is 0 Å². The molecular weight excluding hydrogens is 340 g/mol. The van der Waals surface area contributed by atoms with Crippen LogP contribution in [0.4, 0.5) is 0 Å². The molecule has 140 valence electrons. The number of hydrogen-bond donors (Lipinski definition) is 0. The lowest BCUT2D eigenvalue weighted by molar-refractivity contribution is -0.136. The van der Waals surface area contributed by atoms with Gasteiger partial charge in [-0.3, -0.25) is 4.79 Å². The smallest absolute Gasteiger partial charge is 0.263 e. The number of nitrogens with zero attached hydrogens (tertiary/aromatic N) is 2. The first kappa shape index (κ1) is 18.7. The van der Waals surface area contributed by atoms with Gasteiger partial charge in [-0.1, -0.05) is 31.2 Å². The predicted molar refractivity (Wildman–Crippen MR) is 107 cm³/mol. The zero-order chi connectivity index (χ0) is 19.4. The maximum atomic E-state index is 12.4. The van der Waals surface area contributed by atoms with E-state index >= 15 is 0 Å². The Bertz CT molecular complexity index is 953. The number of pyridine rings is 1. The second-order valence-electron chi connectivity index (χ2n) is 6.50. The van der Waals surface area contributed by atoms with Crippen LogP contribution in [0.1, 0.15) is 13.3 Å². The number of aromatic nitrogens is 1. The van der Waals surface area contributed by atoms with Crippen molar-refractivity contribution in [3.63, 3.8) is 0 Å². The molecule has 27 heavy (non-hydrogen) atoms. The van der Waals surface area contributed by atoms with Crippen LogP contribution in [0.3, 0.4) is 0 Å². The summed E-state index contributed by atoms with van der Waals surface area (Å²) < 4.78 is 11.5. The Balaban J connectivity index is 2.12. The van der Waals surface area contributed by atoms with Crippen LogP contribution in [-0.4, -0.2) is 43.1 Å². The summed E-state index contributed by atoms with van der Waals surface area (Å²) in [7, 11) is 5.08. The molecule has 0 spiro atoms. The fourth-order valence-corrected chi connectivity index (χ4v) is 3.09. The van der Waals surface area contributed by atoms with Crippen molar-refractivity contribution in [3.05, 3.63) is 54.7 Å². The number of amides is 1. The highest BCUT2D eigenvalue weighted by molar-refractivity contribution is 5.99. The van der Waals surface area contributed by atoms with Crippen LogP contribution in [0, 0.1) is 0 Å². The normalized spacial score (nSPS) is 11.9. The summed E-state index contributed by atoms with van der Waals surface area (Å²) in [4.78, 5) is 18.2. The molecule has 3 aromatic rings. The van der Waals surface area contributed by atoms with Gasteiger partial charge in [0, 0.05) is 25.9 Å². The van der Waals surface area contributed by atoms with Gasteiger partial charge < -0.3 is 14.4 Å². The summed E-state index contributed by atoms with van der Waals surface area (Å²) in [6, 6.07) is 15.8. The molecule has 3 rings (SSSR count). The van der Waals surface area contributed by atoms with Crippen molar-refractivity contribution in [1.29, 1.82) is 0 Å². The highest BCUT2D eigenvalue weighted by Gasteiger charge is 2.21. The summed E-state index contributed by atoms with van der Waals surface area (Å²) in [6.45, 7) is 1.94. The quantitative estimate of drug-likeness (QED) is 0.659. The van der Waals surface area contributed by atoms with Crippen LogP contribution in [0.15, 0.2) is 54.7 Å². The minimum atomic E-state index is -0.523. The lowest BCUT2D eigenvalue weighted by Crippen LogP contribution is -2.37. The van der Waals surface area contributed by atoms with Gasteiger partial charge in [-0.05, 0) is 47.0 Å². The largest absolute Gasteiger partial charge is 0.481 e. The monoisotopic (exact) mass is 364 g/mol. The highest BCUT2D eigenvalue weighted by atomic mass is 16.5. The fourth-order valence-electron chi connectivity index (χ4n) is 3.09. The lowest BCUT2D eigenvalue weighted by atomic mass is 9.98. The molecule has 0 aliphatic rings. The number of rotatable bonds is 6. The molecule has 1 atom stereocenters. The Hall–Kier alpha value is -3.08. The molecule has 1 heterocycles. The number of hydrogen-bond acceptors (Lipinski definition) is 4. The summed E-state index contributed by atoms with van der Waals surface area (Å²) in [5.41, 5.74) is 1.84. The SMILES string of the molecule is CCC(Oc1cc(-c2cccnc2OC)c2ccccc2c1)C(=O)N(C)C. The van der Waals surface area contributed by atoms with E-state index in [1.54, 1.807) is 32.3 Å². The van der Waals surface area contributed by atoms with E-state index in [0.717, 1.165) is 21.9 Å². The number of carbonyl (C=O) groups excluding carboxylic acids is 1. The van der Waals surface area contributed by atoms with Crippen LogP contribution in [0.2, 0.25) is 0 Å². The average Bonchev–Trinajstić information content (AvgIpc) is 2.70. The first-order valence-electron chi connectivity index (χ1n) is 8.95. The number of likely N-dealkylation sites (N-methyl/N-ethyl adjacent to an activating group) is 1. The van der Waals surface area contributed by atoms with E-state index in [-0.39, 0.29) is 5.91 Å². The molecule has 1 amide bonds. The topological polar surface area (TPSA) is 51.7 Å². The van der Waals surface area contributed by atoms with E-state index < -0.39 is 6.10 Å². The second-order valence-corrected chi connectivity index (χ2v) is 6.50. The van der Waals surface area contributed by atoms with Gasteiger partial charge in [0.2, 0.25) is 5.88 Å². The molecule has 0 saturated heterocycles.